The molecule has 0 aromatic carbocycles. The topological polar surface area (TPSA) is 12.5 Å². The number of morpholine rings is 1. The predicted molar refractivity (Wildman–Crippen MR) is 34.2 cm³/mol. The van der Waals surface area contributed by atoms with E-state index in [0.29, 0.717) is 0 Å². The van der Waals surface area contributed by atoms with Crippen LogP contribution in [0, 0.1) is 0 Å². The van der Waals surface area contributed by atoms with Crippen LogP contribution in [0.5, 0.6) is 0 Å². The molecule has 46 valence electrons. The third-order valence-corrected chi connectivity index (χ3v) is 1.82. The van der Waals surface area contributed by atoms with E-state index < -0.39 is 0 Å². The number of ether oxygens (including phenoxy) is 1. The Morgan fingerprint density at radius 3 is 2.38 bits per heavy atom. The second kappa shape index (κ2) is 3.23. The maximum atomic E-state index is 5.13. The van der Waals surface area contributed by atoms with E-state index in [2.05, 4.69) is 20.5 Å². The van der Waals surface area contributed by atoms with Crippen molar-refractivity contribution in [3.63, 3.8) is 0 Å². The summed E-state index contributed by atoms with van der Waals surface area (Å²) in [6, 6.07) is 0. The Labute approximate surface area is 57.2 Å². The number of hydrogen-bond acceptors (Lipinski definition) is 2. The third kappa shape index (κ3) is 1.58. The molecule has 0 spiro atoms. The number of hydrogen-bond donors (Lipinski definition) is 0. The first-order valence-electron chi connectivity index (χ1n) is 2.70. The summed E-state index contributed by atoms with van der Waals surface area (Å²) in [5.41, 5.74) is 0. The van der Waals surface area contributed by atoms with Crippen molar-refractivity contribution < 1.29 is 4.74 Å². The van der Waals surface area contributed by atoms with Gasteiger partial charge in [-0.05, 0) is 0 Å². The van der Waals surface area contributed by atoms with Crippen molar-refractivity contribution in [3.8, 4) is 0 Å². The van der Waals surface area contributed by atoms with Crippen molar-refractivity contribution in [2.24, 2.45) is 0 Å². The Morgan fingerprint density at radius 2 is 2.00 bits per heavy atom. The Balaban J connectivity index is 2.22. The van der Waals surface area contributed by atoms with Crippen LogP contribution in [0.15, 0.2) is 0 Å². The van der Waals surface area contributed by atoms with E-state index in [-0.39, 0.29) is 0 Å². The zero-order valence-electron chi connectivity index (χ0n) is 4.67. The van der Waals surface area contributed by atoms with Crippen molar-refractivity contribution >= 4 is 20.6 Å². The molecule has 0 amide bonds. The summed E-state index contributed by atoms with van der Waals surface area (Å²) in [5.74, 6) is 0. The van der Waals surface area contributed by atoms with Gasteiger partial charge in [-0.25, -0.2) is 0 Å². The van der Waals surface area contributed by atoms with Crippen LogP contribution in [0.4, 0.5) is 0 Å². The molecular formula is C5H9NOSe. The molecule has 0 atom stereocenters. The Hall–Kier alpha value is 0.149. The molecule has 0 aromatic heterocycles. The van der Waals surface area contributed by atoms with Crippen LogP contribution in [-0.2, 0) is 4.74 Å². The van der Waals surface area contributed by atoms with E-state index in [9.17, 15) is 0 Å². The molecule has 1 saturated heterocycles. The zero-order chi connectivity index (χ0) is 5.82. The monoisotopic (exact) mass is 179 g/mol. The fourth-order valence-electron chi connectivity index (χ4n) is 0.683. The van der Waals surface area contributed by atoms with Crippen LogP contribution in [-0.4, -0.2) is 51.8 Å². The van der Waals surface area contributed by atoms with E-state index in [1.807, 2.05) is 5.04 Å². The Morgan fingerprint density at radius 1 is 1.38 bits per heavy atom. The molecule has 1 aliphatic rings. The molecule has 1 rings (SSSR count). The van der Waals surface area contributed by atoms with Gasteiger partial charge in [-0.15, -0.1) is 0 Å². The van der Waals surface area contributed by atoms with Gasteiger partial charge in [0.25, 0.3) is 0 Å². The van der Waals surface area contributed by atoms with Crippen molar-refractivity contribution in [1.82, 2.24) is 4.90 Å². The van der Waals surface area contributed by atoms with Crippen molar-refractivity contribution in [2.45, 2.75) is 0 Å². The van der Waals surface area contributed by atoms with Crippen LogP contribution < -0.4 is 0 Å². The van der Waals surface area contributed by atoms with Crippen molar-refractivity contribution in [3.05, 3.63) is 0 Å². The van der Waals surface area contributed by atoms with Crippen LogP contribution in [0.3, 0.4) is 0 Å². The van der Waals surface area contributed by atoms with Crippen LogP contribution in [0.25, 0.3) is 0 Å². The number of nitrogens with zero attached hydrogens (tertiary/aromatic N) is 1. The summed E-state index contributed by atoms with van der Waals surface area (Å²) < 4.78 is 5.13. The summed E-state index contributed by atoms with van der Waals surface area (Å²) in [6.07, 6.45) is 0. The van der Waals surface area contributed by atoms with Gasteiger partial charge in [-0.3, -0.25) is 0 Å². The minimum absolute atomic E-state index is 0.873. The molecule has 0 aliphatic carbocycles. The SMILES string of the molecule is [Se]=CN1CCOCC1. The molecule has 0 bridgehead atoms. The zero-order valence-corrected chi connectivity index (χ0v) is 6.38. The maximum absolute atomic E-state index is 5.13. The Bertz CT molecular complexity index is 80.5. The van der Waals surface area contributed by atoms with Gasteiger partial charge in [-0.2, -0.15) is 0 Å². The van der Waals surface area contributed by atoms with Crippen LogP contribution in [0.2, 0.25) is 0 Å². The summed E-state index contributed by atoms with van der Waals surface area (Å²) >= 11 is 2.86. The van der Waals surface area contributed by atoms with Gasteiger partial charge in [-0.1, -0.05) is 0 Å². The third-order valence-electron chi connectivity index (χ3n) is 1.19. The Kier molecular flexibility index (Phi) is 2.53. The first-order valence-corrected chi connectivity index (χ1v) is 3.69. The molecule has 2 nitrogen and oxygen atoms in total. The molecule has 1 fully saturated rings. The van der Waals surface area contributed by atoms with Gasteiger partial charge in [0, 0.05) is 0 Å². The van der Waals surface area contributed by atoms with Gasteiger partial charge in [0.1, 0.15) is 0 Å². The summed E-state index contributed by atoms with van der Waals surface area (Å²) in [5, 5.41) is 1.99. The summed E-state index contributed by atoms with van der Waals surface area (Å²) in [4.78, 5) is 2.21. The molecule has 0 N–H and O–H groups in total. The number of rotatable bonds is 1. The minimum atomic E-state index is 0.873. The molecule has 0 unspecified atom stereocenters. The quantitative estimate of drug-likeness (QED) is 0.490. The van der Waals surface area contributed by atoms with E-state index >= 15 is 0 Å². The summed E-state index contributed by atoms with van der Waals surface area (Å²) in [7, 11) is 0. The van der Waals surface area contributed by atoms with Gasteiger partial charge in [0.15, 0.2) is 0 Å². The molecule has 8 heavy (non-hydrogen) atoms. The molecule has 0 saturated carbocycles. The molecule has 3 heteroatoms. The van der Waals surface area contributed by atoms with Crippen molar-refractivity contribution in [1.29, 1.82) is 0 Å². The van der Waals surface area contributed by atoms with Crippen LogP contribution >= 0.6 is 0 Å². The van der Waals surface area contributed by atoms with Crippen LogP contribution in [0.1, 0.15) is 0 Å². The standard InChI is InChI=1S/C5H9NOSe/c8-5-6-1-3-7-4-2-6/h5H,1-4H2. The first-order chi connectivity index (χ1) is 3.93. The predicted octanol–water partition coefficient (Wildman–Crippen LogP) is -0.753. The average Bonchev–Trinajstić information content (AvgIpc) is 1.90. The molecular weight excluding hydrogens is 169 g/mol. The van der Waals surface area contributed by atoms with Gasteiger partial charge >= 0.3 is 56.6 Å². The first kappa shape index (κ1) is 6.27. The van der Waals surface area contributed by atoms with Gasteiger partial charge < -0.3 is 0 Å². The molecule has 0 radical (unpaired) electrons. The van der Waals surface area contributed by atoms with E-state index in [1.54, 1.807) is 0 Å². The fourth-order valence-corrected chi connectivity index (χ4v) is 1.13. The van der Waals surface area contributed by atoms with E-state index in [1.165, 1.54) is 0 Å². The molecule has 1 heterocycles. The van der Waals surface area contributed by atoms with Crippen molar-refractivity contribution in [2.75, 3.05) is 26.3 Å². The molecule has 0 aromatic rings. The van der Waals surface area contributed by atoms with E-state index in [4.69, 9.17) is 4.74 Å². The fraction of sp³-hybridized carbons (Fsp3) is 0.800. The normalized spacial score (nSPS) is 20.8. The van der Waals surface area contributed by atoms with Gasteiger partial charge in [0.2, 0.25) is 0 Å². The van der Waals surface area contributed by atoms with Gasteiger partial charge in [0.05, 0.1) is 0 Å². The molecule has 1 aliphatic heterocycles. The summed E-state index contributed by atoms with van der Waals surface area (Å²) in [6.45, 7) is 3.82. The average molecular weight is 178 g/mol. The second-order valence-electron chi connectivity index (χ2n) is 1.75. The second-order valence-corrected chi connectivity index (χ2v) is 2.20. The van der Waals surface area contributed by atoms with E-state index in [0.717, 1.165) is 26.3 Å².